The second kappa shape index (κ2) is 7.70. The molecule has 0 spiro atoms. The fourth-order valence-corrected chi connectivity index (χ4v) is 5.30. The Hall–Kier alpha value is -2.39. The zero-order chi connectivity index (χ0) is 20.8. The van der Waals surface area contributed by atoms with Crippen molar-refractivity contribution in [1.29, 1.82) is 0 Å². The molecule has 1 aromatic carbocycles. The Kier molecular flexibility index (Phi) is 5.02. The van der Waals surface area contributed by atoms with Gasteiger partial charge in [0, 0.05) is 25.0 Å². The van der Waals surface area contributed by atoms with Gasteiger partial charge in [-0.25, -0.2) is 19.3 Å². The maximum atomic E-state index is 13.8. The van der Waals surface area contributed by atoms with Crippen molar-refractivity contribution in [3.8, 4) is 10.4 Å². The summed E-state index contributed by atoms with van der Waals surface area (Å²) < 4.78 is 14.6. The van der Waals surface area contributed by atoms with Crippen molar-refractivity contribution in [2.24, 2.45) is 5.92 Å². The van der Waals surface area contributed by atoms with Crippen LogP contribution in [0.5, 0.6) is 0 Å². The van der Waals surface area contributed by atoms with Crippen LogP contribution in [0.2, 0.25) is 0 Å². The number of rotatable bonds is 5. The quantitative estimate of drug-likeness (QED) is 0.572. The monoisotopic (exact) mass is 487 g/mol. The van der Waals surface area contributed by atoms with Crippen LogP contribution < -0.4 is 5.32 Å². The van der Waals surface area contributed by atoms with E-state index in [1.807, 2.05) is 17.9 Å². The number of carbonyl (C=O) groups excluding carboxylic acids is 1. The highest BCUT2D eigenvalue weighted by Gasteiger charge is 2.54. The highest BCUT2D eigenvalue weighted by molar-refractivity contribution is 9.10. The van der Waals surface area contributed by atoms with Crippen LogP contribution in [0.1, 0.15) is 28.3 Å². The van der Waals surface area contributed by atoms with E-state index >= 15 is 0 Å². The number of benzene rings is 1. The largest absolute Gasteiger partial charge is 0.352 e. The van der Waals surface area contributed by atoms with Crippen molar-refractivity contribution in [2.45, 2.75) is 31.8 Å². The molecule has 0 unspecified atom stereocenters. The molecular weight excluding hydrogens is 469 g/mol. The van der Waals surface area contributed by atoms with Gasteiger partial charge in [-0.2, -0.15) is 0 Å². The number of likely N-dealkylation sites (tertiary alicyclic amines) is 1. The fourth-order valence-electron chi connectivity index (χ4n) is 4.19. The molecule has 2 aliphatic rings. The smallest absolute Gasteiger partial charge is 0.274 e. The van der Waals surface area contributed by atoms with Crippen LogP contribution in [0, 0.1) is 18.7 Å². The minimum Gasteiger partial charge on any atom is -0.352 e. The molecule has 9 heteroatoms. The third-order valence-corrected chi connectivity index (χ3v) is 7.01. The molecule has 3 aromatic rings. The Balaban J connectivity index is 1.39. The van der Waals surface area contributed by atoms with Gasteiger partial charge >= 0.3 is 0 Å². The topological polar surface area (TPSA) is 71.0 Å². The number of halogens is 2. The molecule has 0 bridgehead atoms. The van der Waals surface area contributed by atoms with Gasteiger partial charge in [-0.05, 0) is 59.3 Å². The summed E-state index contributed by atoms with van der Waals surface area (Å²) in [6, 6.07) is 6.65. The van der Waals surface area contributed by atoms with Gasteiger partial charge < -0.3 is 10.2 Å². The molecule has 1 amide bonds. The van der Waals surface area contributed by atoms with Crippen LogP contribution in [0.3, 0.4) is 0 Å². The van der Waals surface area contributed by atoms with Gasteiger partial charge in [-0.15, -0.1) is 11.3 Å². The van der Waals surface area contributed by atoms with E-state index in [0.717, 1.165) is 27.2 Å². The van der Waals surface area contributed by atoms with Crippen LogP contribution in [-0.2, 0) is 0 Å². The zero-order valence-electron chi connectivity index (χ0n) is 16.2. The minimum atomic E-state index is -0.322. The van der Waals surface area contributed by atoms with Gasteiger partial charge in [0.25, 0.3) is 5.91 Å². The first-order chi connectivity index (χ1) is 14.5. The summed E-state index contributed by atoms with van der Waals surface area (Å²) in [5.41, 5.74) is 1.11. The summed E-state index contributed by atoms with van der Waals surface area (Å²) in [6.45, 7) is 2.46. The zero-order valence-corrected chi connectivity index (χ0v) is 18.6. The third kappa shape index (κ3) is 3.72. The SMILES string of the molecule is Cc1nc(C(=O)N2[C@H](CNc3ncc(Br)cn3)C[C@@H]3C[C@@H]32)c(-c2cccc(F)c2)s1. The van der Waals surface area contributed by atoms with Gasteiger partial charge in [-0.1, -0.05) is 12.1 Å². The maximum Gasteiger partial charge on any atom is 0.274 e. The van der Waals surface area contributed by atoms with E-state index in [-0.39, 0.29) is 23.8 Å². The predicted molar refractivity (Wildman–Crippen MR) is 117 cm³/mol. The predicted octanol–water partition coefficient (Wildman–Crippen LogP) is 4.53. The molecule has 1 aliphatic carbocycles. The number of nitrogens with zero attached hydrogens (tertiary/aromatic N) is 4. The number of amides is 1. The van der Waals surface area contributed by atoms with Crippen molar-refractivity contribution in [1.82, 2.24) is 19.9 Å². The van der Waals surface area contributed by atoms with Crippen LogP contribution in [0.25, 0.3) is 10.4 Å². The average Bonchev–Trinajstić information content (AvgIpc) is 3.22. The second-order valence-electron chi connectivity index (χ2n) is 7.69. The van der Waals surface area contributed by atoms with Crippen LogP contribution in [0.15, 0.2) is 41.1 Å². The van der Waals surface area contributed by atoms with Gasteiger partial charge in [0.15, 0.2) is 0 Å². The van der Waals surface area contributed by atoms with Crippen LogP contribution in [-0.4, -0.2) is 44.4 Å². The van der Waals surface area contributed by atoms with Crippen molar-refractivity contribution >= 4 is 39.1 Å². The molecule has 1 N–H and O–H groups in total. The van der Waals surface area contributed by atoms with Crippen molar-refractivity contribution in [3.63, 3.8) is 0 Å². The van der Waals surface area contributed by atoms with Gasteiger partial charge in [0.2, 0.25) is 5.95 Å². The first-order valence-electron chi connectivity index (χ1n) is 9.77. The number of aromatic nitrogens is 3. The molecule has 30 heavy (non-hydrogen) atoms. The third-order valence-electron chi connectivity index (χ3n) is 5.58. The molecule has 3 atom stereocenters. The Labute approximate surface area is 185 Å². The number of carbonyl (C=O) groups is 1. The lowest BCUT2D eigenvalue weighted by Gasteiger charge is -2.27. The van der Waals surface area contributed by atoms with Crippen molar-refractivity contribution in [3.05, 3.63) is 57.7 Å². The standard InChI is InChI=1S/C21H19BrFN5OS/c1-11-27-18(19(30-11)12-3-2-4-15(23)5-12)20(29)28-16(6-13-7-17(13)28)10-26-21-24-8-14(22)9-25-21/h2-5,8-9,13,16-17H,6-7,10H2,1H3,(H,24,25,26)/t13-,16+,17+/m1/s1. The van der Waals surface area contributed by atoms with E-state index in [2.05, 4.69) is 36.2 Å². The van der Waals surface area contributed by atoms with Crippen molar-refractivity contribution in [2.75, 3.05) is 11.9 Å². The van der Waals surface area contributed by atoms with E-state index in [9.17, 15) is 9.18 Å². The van der Waals surface area contributed by atoms with E-state index in [1.54, 1.807) is 18.5 Å². The molecule has 3 heterocycles. The number of aryl methyl sites for hydroxylation is 1. The Morgan fingerprint density at radius 3 is 2.90 bits per heavy atom. The van der Waals surface area contributed by atoms with Gasteiger partial charge in [0.1, 0.15) is 11.5 Å². The first kappa shape index (κ1) is 19.6. The van der Waals surface area contributed by atoms with E-state index in [4.69, 9.17) is 0 Å². The summed E-state index contributed by atoms with van der Waals surface area (Å²) in [6.07, 6.45) is 5.37. The highest BCUT2D eigenvalue weighted by Crippen LogP contribution is 2.49. The Morgan fingerprint density at radius 1 is 1.33 bits per heavy atom. The minimum absolute atomic E-state index is 0.0517. The molecule has 2 aromatic heterocycles. The summed E-state index contributed by atoms with van der Waals surface area (Å²) in [5, 5.41) is 4.04. The molecule has 1 saturated heterocycles. The number of anilines is 1. The number of hydrogen-bond donors (Lipinski definition) is 1. The number of thiazole rings is 1. The lowest BCUT2D eigenvalue weighted by molar-refractivity contribution is 0.0704. The van der Waals surface area contributed by atoms with Crippen molar-refractivity contribution < 1.29 is 9.18 Å². The molecule has 6 nitrogen and oxygen atoms in total. The Bertz CT molecular complexity index is 1110. The lowest BCUT2D eigenvalue weighted by Crippen LogP contribution is -2.42. The van der Waals surface area contributed by atoms with E-state index < -0.39 is 0 Å². The molecule has 0 radical (unpaired) electrons. The maximum absolute atomic E-state index is 13.8. The summed E-state index contributed by atoms with van der Waals surface area (Å²) in [7, 11) is 0. The summed E-state index contributed by atoms with van der Waals surface area (Å²) in [5.74, 6) is 0.684. The van der Waals surface area contributed by atoms with Gasteiger partial charge in [0.05, 0.1) is 20.4 Å². The molecule has 2 fully saturated rings. The molecule has 5 rings (SSSR count). The molecule has 1 aliphatic heterocycles. The number of nitrogens with one attached hydrogen (secondary N) is 1. The lowest BCUT2D eigenvalue weighted by atomic mass is 10.1. The average molecular weight is 488 g/mol. The van der Waals surface area contributed by atoms with Crippen LogP contribution >= 0.6 is 27.3 Å². The van der Waals surface area contributed by atoms with Gasteiger partial charge in [-0.3, -0.25) is 4.79 Å². The fraction of sp³-hybridized carbons (Fsp3) is 0.333. The van der Waals surface area contributed by atoms with Crippen LogP contribution in [0.4, 0.5) is 10.3 Å². The molecule has 1 saturated carbocycles. The number of piperidine rings is 1. The van der Waals surface area contributed by atoms with E-state index in [1.165, 1.54) is 23.5 Å². The summed E-state index contributed by atoms with van der Waals surface area (Å²) >= 11 is 4.75. The second-order valence-corrected chi connectivity index (χ2v) is 9.81. The Morgan fingerprint density at radius 2 is 2.13 bits per heavy atom. The molecule has 154 valence electrons. The first-order valence-corrected chi connectivity index (χ1v) is 11.4. The number of hydrogen-bond acceptors (Lipinski definition) is 6. The highest BCUT2D eigenvalue weighted by atomic mass is 79.9. The molecular formula is C21H19BrFN5OS. The summed E-state index contributed by atoms with van der Waals surface area (Å²) in [4.78, 5) is 29.3. The normalized spacial score (nSPS) is 22.1. The van der Waals surface area contributed by atoms with E-state index in [0.29, 0.717) is 29.7 Å². The number of fused-ring (bicyclic) bond motifs is 1.